The number of aromatic nitrogens is 1. The summed E-state index contributed by atoms with van der Waals surface area (Å²) in [4.78, 5) is 50.3. The maximum absolute atomic E-state index is 14.4. The van der Waals surface area contributed by atoms with Crippen LogP contribution in [0.1, 0.15) is 29.7 Å². The highest BCUT2D eigenvalue weighted by Gasteiger charge is 2.35. The summed E-state index contributed by atoms with van der Waals surface area (Å²) in [5.41, 5.74) is 3.20. The quantitative estimate of drug-likeness (QED) is 0.120. The molecule has 0 radical (unpaired) electrons. The van der Waals surface area contributed by atoms with Gasteiger partial charge in [0, 0.05) is 60.0 Å². The van der Waals surface area contributed by atoms with Gasteiger partial charge in [-0.3, -0.25) is 19.5 Å². The van der Waals surface area contributed by atoms with Gasteiger partial charge in [-0.25, -0.2) is 9.79 Å². The largest absolute Gasteiger partial charge is 0.463 e. The fraction of sp³-hybridized carbons (Fsp3) is 0.265. The number of carbonyl (C=O) groups is 1. The molecule has 1 atom stereocenters. The Labute approximate surface area is 274 Å². The van der Waals surface area contributed by atoms with Gasteiger partial charge in [-0.1, -0.05) is 53.8 Å². The number of hydrogen-bond acceptors (Lipinski definition) is 10. The standard InChI is InChI=1S/C34H33N5O5S2/c1-4-44-33(41)29-30(22-8-6-5-7-9-22)35-34-38(31(29)23-10-13-26(45-3)14-11-23)32(40)28(46-34)21-24-20-25(39(42)43)12-15-27(24)37-18-16-36(2)17-19-37/h5-15,20-21,31H,4,16-19H2,1-3H3/t31-/m1/s1. The van der Waals surface area contributed by atoms with Crippen LogP contribution in [0.5, 0.6) is 0 Å². The fourth-order valence-corrected chi connectivity index (χ4v) is 7.19. The lowest BCUT2D eigenvalue weighted by atomic mass is 9.93. The third-order valence-electron chi connectivity index (χ3n) is 8.16. The summed E-state index contributed by atoms with van der Waals surface area (Å²) in [6.45, 7) is 5.13. The zero-order valence-corrected chi connectivity index (χ0v) is 27.3. The number of carbonyl (C=O) groups excluding carboxylic acids is 1. The van der Waals surface area contributed by atoms with Gasteiger partial charge in [0.05, 0.1) is 33.4 Å². The Kier molecular flexibility index (Phi) is 9.20. The Morgan fingerprint density at radius 3 is 2.46 bits per heavy atom. The number of thioether (sulfide) groups is 1. The average Bonchev–Trinajstić information content (AvgIpc) is 3.38. The molecule has 0 amide bonds. The molecule has 6 rings (SSSR count). The first-order valence-corrected chi connectivity index (χ1v) is 17.0. The van der Waals surface area contributed by atoms with E-state index in [1.54, 1.807) is 35.4 Å². The lowest BCUT2D eigenvalue weighted by Gasteiger charge is -2.34. The fourth-order valence-electron chi connectivity index (χ4n) is 5.79. The predicted octanol–water partition coefficient (Wildman–Crippen LogP) is 4.32. The summed E-state index contributed by atoms with van der Waals surface area (Å²) >= 11 is 2.80. The van der Waals surface area contributed by atoms with E-state index in [2.05, 4.69) is 16.8 Å². The van der Waals surface area contributed by atoms with E-state index in [0.717, 1.165) is 47.9 Å². The minimum absolute atomic E-state index is 0.0559. The third-order valence-corrected chi connectivity index (χ3v) is 9.88. The lowest BCUT2D eigenvalue weighted by Crippen LogP contribution is -2.44. The van der Waals surface area contributed by atoms with Crippen LogP contribution in [0.4, 0.5) is 11.4 Å². The second-order valence-electron chi connectivity index (χ2n) is 11.0. The maximum atomic E-state index is 14.4. The van der Waals surface area contributed by atoms with E-state index >= 15 is 0 Å². The Morgan fingerprint density at radius 2 is 1.80 bits per heavy atom. The minimum atomic E-state index is -0.800. The molecule has 2 aliphatic rings. The van der Waals surface area contributed by atoms with Crippen LogP contribution in [0.2, 0.25) is 0 Å². The molecule has 236 valence electrons. The van der Waals surface area contributed by atoms with Crippen molar-refractivity contribution in [2.24, 2.45) is 4.99 Å². The first kappa shape index (κ1) is 31.5. The highest BCUT2D eigenvalue weighted by atomic mass is 32.2. The first-order valence-electron chi connectivity index (χ1n) is 14.9. The van der Waals surface area contributed by atoms with Crippen molar-refractivity contribution in [2.75, 3.05) is 51.0 Å². The Balaban J connectivity index is 1.60. The molecule has 3 heterocycles. The smallest absolute Gasteiger partial charge is 0.338 e. The van der Waals surface area contributed by atoms with Gasteiger partial charge in [0.15, 0.2) is 4.80 Å². The van der Waals surface area contributed by atoms with E-state index in [-0.39, 0.29) is 23.4 Å². The van der Waals surface area contributed by atoms with Crippen molar-refractivity contribution in [1.29, 1.82) is 0 Å². The van der Waals surface area contributed by atoms with Gasteiger partial charge in [0.25, 0.3) is 11.2 Å². The molecule has 2 aliphatic heterocycles. The van der Waals surface area contributed by atoms with E-state index in [4.69, 9.17) is 9.73 Å². The van der Waals surface area contributed by atoms with Gasteiger partial charge >= 0.3 is 5.97 Å². The molecular formula is C34H33N5O5S2. The average molecular weight is 656 g/mol. The number of thiazole rings is 1. The number of nitro benzene ring substituents is 1. The van der Waals surface area contributed by atoms with Crippen LogP contribution in [0.25, 0.3) is 11.8 Å². The van der Waals surface area contributed by atoms with Crippen LogP contribution in [-0.4, -0.2) is 66.4 Å². The molecule has 1 fully saturated rings. The SMILES string of the molecule is CCOC(=O)C1=C(c2ccccc2)N=c2sc(=Cc3cc([N+](=O)[O-])ccc3N3CCN(C)CC3)c(=O)n2[C@@H]1c1ccc(SC)cc1. The number of anilines is 1. The number of benzene rings is 3. The molecule has 0 saturated carbocycles. The molecular weight excluding hydrogens is 623 g/mol. The topological polar surface area (TPSA) is 110 Å². The van der Waals surface area contributed by atoms with E-state index in [0.29, 0.717) is 20.6 Å². The molecule has 0 bridgehead atoms. The molecule has 46 heavy (non-hydrogen) atoms. The molecule has 0 N–H and O–H groups in total. The molecule has 1 aromatic heterocycles. The molecule has 10 nitrogen and oxygen atoms in total. The van der Waals surface area contributed by atoms with Gasteiger partial charge in [0.1, 0.15) is 0 Å². The molecule has 12 heteroatoms. The highest BCUT2D eigenvalue weighted by Crippen LogP contribution is 2.36. The number of fused-ring (bicyclic) bond motifs is 1. The van der Waals surface area contributed by atoms with Crippen molar-refractivity contribution in [3.63, 3.8) is 0 Å². The summed E-state index contributed by atoms with van der Waals surface area (Å²) in [5, 5.41) is 11.8. The molecule has 0 unspecified atom stereocenters. The zero-order chi connectivity index (χ0) is 32.4. The van der Waals surface area contributed by atoms with Crippen molar-refractivity contribution in [2.45, 2.75) is 17.9 Å². The van der Waals surface area contributed by atoms with Gasteiger partial charge in [-0.05, 0) is 50.1 Å². The van der Waals surface area contributed by atoms with Gasteiger partial charge < -0.3 is 14.5 Å². The second-order valence-corrected chi connectivity index (χ2v) is 12.9. The van der Waals surface area contributed by atoms with Crippen molar-refractivity contribution >= 4 is 52.2 Å². The zero-order valence-electron chi connectivity index (χ0n) is 25.7. The Bertz CT molecular complexity index is 2000. The maximum Gasteiger partial charge on any atom is 0.338 e. The predicted molar refractivity (Wildman–Crippen MR) is 182 cm³/mol. The molecule has 1 saturated heterocycles. The Hall–Kier alpha value is -4.52. The molecule has 3 aromatic carbocycles. The number of rotatable bonds is 8. The Morgan fingerprint density at radius 1 is 1.09 bits per heavy atom. The van der Waals surface area contributed by atoms with Crippen molar-refractivity contribution in [3.05, 3.63) is 125 Å². The summed E-state index contributed by atoms with van der Waals surface area (Å²) in [5.74, 6) is -0.547. The van der Waals surface area contributed by atoms with Crippen LogP contribution in [0, 0.1) is 10.1 Å². The number of likely N-dealkylation sites (N-methyl/N-ethyl adjacent to an activating group) is 1. The number of nitro groups is 1. The van der Waals surface area contributed by atoms with Gasteiger partial charge in [-0.15, -0.1) is 11.8 Å². The minimum Gasteiger partial charge on any atom is -0.463 e. The lowest BCUT2D eigenvalue weighted by molar-refractivity contribution is -0.384. The number of ether oxygens (including phenoxy) is 1. The van der Waals surface area contributed by atoms with Crippen LogP contribution < -0.4 is 19.8 Å². The van der Waals surface area contributed by atoms with Crippen LogP contribution in [0.3, 0.4) is 0 Å². The monoisotopic (exact) mass is 655 g/mol. The number of non-ortho nitro benzene ring substituents is 1. The normalized spacial score (nSPS) is 17.1. The molecule has 4 aromatic rings. The highest BCUT2D eigenvalue weighted by molar-refractivity contribution is 7.98. The van der Waals surface area contributed by atoms with E-state index in [1.807, 2.05) is 60.9 Å². The van der Waals surface area contributed by atoms with Crippen LogP contribution in [0.15, 0.2) is 93.1 Å². The summed E-state index contributed by atoms with van der Waals surface area (Å²) in [6.07, 6.45) is 3.70. The second kappa shape index (κ2) is 13.5. The number of nitrogens with zero attached hydrogens (tertiary/aromatic N) is 5. The van der Waals surface area contributed by atoms with Crippen LogP contribution in [-0.2, 0) is 9.53 Å². The number of hydrogen-bond donors (Lipinski definition) is 0. The van der Waals surface area contributed by atoms with Gasteiger partial charge in [0.2, 0.25) is 0 Å². The third kappa shape index (κ3) is 6.15. The summed E-state index contributed by atoms with van der Waals surface area (Å²) in [7, 11) is 2.06. The van der Waals surface area contributed by atoms with E-state index in [9.17, 15) is 19.7 Å². The van der Waals surface area contributed by atoms with E-state index in [1.165, 1.54) is 23.5 Å². The summed E-state index contributed by atoms with van der Waals surface area (Å²) < 4.78 is 7.47. The molecule has 0 aliphatic carbocycles. The number of esters is 1. The van der Waals surface area contributed by atoms with E-state index < -0.39 is 16.9 Å². The summed E-state index contributed by atoms with van der Waals surface area (Å²) in [6, 6.07) is 21.2. The van der Waals surface area contributed by atoms with Crippen LogP contribution >= 0.6 is 23.1 Å². The van der Waals surface area contributed by atoms with Gasteiger partial charge in [-0.2, -0.15) is 0 Å². The number of piperazine rings is 1. The van der Waals surface area contributed by atoms with Crippen molar-refractivity contribution in [3.8, 4) is 0 Å². The first-order chi connectivity index (χ1) is 22.3. The van der Waals surface area contributed by atoms with Crippen molar-refractivity contribution < 1.29 is 14.5 Å². The molecule has 0 spiro atoms. The van der Waals surface area contributed by atoms with Crippen molar-refractivity contribution in [1.82, 2.24) is 9.47 Å².